The minimum Gasteiger partial charge on any atom is -0.393 e. The number of allylic oxidation sites excluding steroid dienone is 3. The summed E-state index contributed by atoms with van der Waals surface area (Å²) in [6, 6.07) is 0. The Bertz CT molecular complexity index is 2770. The van der Waals surface area contributed by atoms with Crippen LogP contribution in [-0.4, -0.2) is 97.9 Å². The van der Waals surface area contributed by atoms with Crippen molar-refractivity contribution in [2.45, 2.75) is 208 Å². The van der Waals surface area contributed by atoms with Gasteiger partial charge in [-0.2, -0.15) is 33.7 Å². The maximum absolute atomic E-state index is 13.1. The first-order valence-electron chi connectivity index (χ1n) is 28.9. The molecule has 9 unspecified atom stereocenters. The zero-order valence-corrected chi connectivity index (χ0v) is 50.3. The average Bonchev–Trinajstić information content (AvgIpc) is 3.93. The molecule has 17 nitrogen and oxygen atoms in total. The number of aliphatic hydroxyl groups is 2. The molecule has 0 aromatic rings. The van der Waals surface area contributed by atoms with Crippen molar-refractivity contribution in [3.63, 3.8) is 0 Å². The Balaban J connectivity index is 0.929. The van der Waals surface area contributed by atoms with Gasteiger partial charge in [0.1, 0.15) is 12.2 Å². The van der Waals surface area contributed by atoms with Crippen molar-refractivity contribution in [2.75, 3.05) is 0 Å². The Kier molecular flexibility index (Phi) is 16.0. The lowest BCUT2D eigenvalue weighted by Crippen LogP contribution is -2.62. The van der Waals surface area contributed by atoms with Crippen LogP contribution in [0.1, 0.15) is 172 Å². The second kappa shape index (κ2) is 20.3. The van der Waals surface area contributed by atoms with Crippen LogP contribution >= 0.6 is 0 Å². The minimum absolute atomic E-state index is 0.00156. The molecule has 0 bridgehead atoms. The van der Waals surface area contributed by atoms with Crippen LogP contribution in [0.4, 0.5) is 0 Å². The maximum atomic E-state index is 13.1. The largest absolute Gasteiger partial charge is 0.397 e. The first kappa shape index (κ1) is 60.5. The molecule has 21 heteroatoms. The van der Waals surface area contributed by atoms with E-state index in [9.17, 15) is 62.1 Å². The van der Waals surface area contributed by atoms with E-state index in [4.69, 9.17) is 19.1 Å². The number of rotatable bonds is 14. The van der Waals surface area contributed by atoms with Gasteiger partial charge >= 0.3 is 31.2 Å². The highest BCUT2D eigenvalue weighted by molar-refractivity contribution is 7.86. The van der Waals surface area contributed by atoms with Crippen LogP contribution in [0.5, 0.6) is 0 Å². The third-order valence-corrected chi connectivity index (χ3v) is 27.6. The summed E-state index contributed by atoms with van der Waals surface area (Å²) in [4.78, 5) is 0. The van der Waals surface area contributed by atoms with Gasteiger partial charge in [-0.25, -0.2) is 12.5 Å². The predicted octanol–water partition coefficient (Wildman–Crippen LogP) is 9.75. The molecule has 9 aliphatic rings. The molecule has 442 valence electrons. The molecule has 0 radical (unpaired) electrons. The zero-order chi connectivity index (χ0) is 56.9. The molecule has 9 aliphatic carbocycles. The molecule has 9 fully saturated rings. The highest BCUT2D eigenvalue weighted by Gasteiger charge is 2.67. The summed E-state index contributed by atoms with van der Waals surface area (Å²) >= 11 is 0. The van der Waals surface area contributed by atoms with Crippen LogP contribution < -0.4 is 0 Å². The van der Waals surface area contributed by atoms with Crippen molar-refractivity contribution < 1.29 is 74.6 Å². The third kappa shape index (κ3) is 10.8. The summed E-state index contributed by atoms with van der Waals surface area (Å²) in [5, 5.41) is 22.7. The van der Waals surface area contributed by atoms with Gasteiger partial charge in [0.05, 0.1) is 23.6 Å². The lowest BCUT2D eigenvalue weighted by molar-refractivity contribution is -0.185. The molecule has 0 spiro atoms. The molecule has 0 aromatic carbocycles. The number of fused-ring (bicyclic) bond motifs is 10. The van der Waals surface area contributed by atoms with E-state index in [0.29, 0.717) is 43.4 Å². The second-order valence-electron chi connectivity index (χ2n) is 28.8. The van der Waals surface area contributed by atoms with E-state index in [1.165, 1.54) is 5.57 Å². The van der Waals surface area contributed by atoms with Crippen LogP contribution in [0.3, 0.4) is 0 Å². The Hall–Kier alpha value is -1.08. The average molecular weight is 1170 g/mol. The summed E-state index contributed by atoms with van der Waals surface area (Å²) in [5.74, 6) is 0.0634. The lowest BCUT2D eigenvalue weighted by Gasteiger charge is -2.63. The van der Waals surface area contributed by atoms with E-state index < -0.39 is 88.4 Å². The van der Waals surface area contributed by atoms with Crippen LogP contribution in [0.25, 0.3) is 0 Å². The van der Waals surface area contributed by atoms with Gasteiger partial charge in [-0.3, -0.25) is 18.2 Å². The molecule has 0 heterocycles. The zero-order valence-electron chi connectivity index (χ0n) is 47.0. The summed E-state index contributed by atoms with van der Waals surface area (Å²) in [6.07, 6.45) is 6.87. The number of hydrogen-bond donors (Lipinski definition) is 6. The molecule has 9 rings (SSSR count). The van der Waals surface area contributed by atoms with E-state index in [1.807, 2.05) is 6.92 Å². The molecule has 6 N–H and O–H groups in total. The van der Waals surface area contributed by atoms with E-state index in [2.05, 4.69) is 68.4 Å². The van der Waals surface area contributed by atoms with Gasteiger partial charge in [-0.1, -0.05) is 86.1 Å². The van der Waals surface area contributed by atoms with Gasteiger partial charge in [0.25, 0.3) is 10.1 Å². The monoisotopic (exact) mass is 1160 g/mol. The van der Waals surface area contributed by atoms with Gasteiger partial charge in [-0.15, -0.1) is 0 Å². The van der Waals surface area contributed by atoms with Crippen LogP contribution in [0.15, 0.2) is 23.8 Å². The van der Waals surface area contributed by atoms with E-state index in [-0.39, 0.29) is 106 Å². The van der Waals surface area contributed by atoms with E-state index >= 15 is 0 Å². The number of aliphatic hydroxyl groups excluding tert-OH is 2. The van der Waals surface area contributed by atoms with Crippen LogP contribution in [-0.2, 0) is 53.9 Å². The summed E-state index contributed by atoms with van der Waals surface area (Å²) in [6.45, 7) is 27.1. The molecular weight excluding hydrogens is 1070 g/mol. The van der Waals surface area contributed by atoms with Gasteiger partial charge in [0, 0.05) is 0 Å². The topological polar surface area (TPSA) is 286 Å². The summed E-state index contributed by atoms with van der Waals surface area (Å²) < 4.78 is 155. The van der Waals surface area contributed by atoms with Crippen molar-refractivity contribution in [1.29, 1.82) is 0 Å². The first-order valence-corrected chi connectivity index (χ1v) is 34.5. The van der Waals surface area contributed by atoms with Crippen LogP contribution in [0.2, 0.25) is 0 Å². The van der Waals surface area contributed by atoms with E-state index in [0.717, 1.165) is 63.4 Å². The summed E-state index contributed by atoms with van der Waals surface area (Å²) in [5.41, 5.74) is 0.801. The standard InChI is InChI=1S/C56H92O17S4/c1-29(37-12-14-40-36-25-48(74(59,60)61)44-23-34(57)16-19-55(44,10)41(36)17-20-53(37,40)8)22-30(2)50-49(31(3)27-52(50,6)7)33(5)51(58)32(4)38-13-15-39-35-24-45(71-75(62,63)64)43-26-46(72-76(65,66)67)47(73-77(68,69)70)28-56(43,11)42(35)18-21-54(38,39)9/h22,29,32-51,57-58H,3,12-21,23-28H2,1-2,4-11H3,(H,59,60,61)(H,62,63,64)(H,65,66,67)(H,68,69,70)/b30-22+/t29-,32+,33?,34?,35+,36+,37-,38-,39+,40+,41+,42+,43?,44?,45?,46+,47+,48?,49?,50?,51?,53-,54-,55-,56-/m1/s1. The molecule has 0 aromatic heterocycles. The van der Waals surface area contributed by atoms with Crippen molar-refractivity contribution in [3.05, 3.63) is 23.8 Å². The molecule has 0 amide bonds. The Morgan fingerprint density at radius 1 is 0.584 bits per heavy atom. The molecule has 0 saturated heterocycles. The predicted molar refractivity (Wildman–Crippen MR) is 289 cm³/mol. The van der Waals surface area contributed by atoms with Crippen molar-refractivity contribution >= 4 is 41.3 Å². The maximum Gasteiger partial charge on any atom is 0.397 e. The molecular formula is C56H92O17S4. The van der Waals surface area contributed by atoms with Gasteiger partial charge in [0.15, 0.2) is 0 Å². The summed E-state index contributed by atoms with van der Waals surface area (Å²) in [7, 11) is -19.6. The second-order valence-corrected chi connectivity index (χ2v) is 33.6. The quantitative estimate of drug-likeness (QED) is 0.0697. The fourth-order valence-corrected chi connectivity index (χ4v) is 24.9. The van der Waals surface area contributed by atoms with Gasteiger partial charge in [-0.05, 0) is 226 Å². The number of hydrogen-bond acceptors (Lipinski definition) is 13. The highest BCUT2D eigenvalue weighted by atomic mass is 32.3. The highest BCUT2D eigenvalue weighted by Crippen LogP contribution is 2.71. The Morgan fingerprint density at radius 2 is 1.08 bits per heavy atom. The smallest absolute Gasteiger partial charge is 0.393 e. The Morgan fingerprint density at radius 3 is 1.65 bits per heavy atom. The van der Waals surface area contributed by atoms with Crippen molar-refractivity contribution in [3.8, 4) is 0 Å². The third-order valence-electron chi connectivity index (χ3n) is 24.8. The normalized spacial score (nSPS) is 47.8. The van der Waals surface area contributed by atoms with Gasteiger partial charge in [0.2, 0.25) is 0 Å². The van der Waals surface area contributed by atoms with Crippen molar-refractivity contribution in [1.82, 2.24) is 0 Å². The van der Waals surface area contributed by atoms with Gasteiger partial charge < -0.3 is 10.2 Å². The minimum atomic E-state index is -5.16. The molecule has 9 saturated carbocycles. The SMILES string of the molecule is C=C1CC(C)(C)C(/C(C)=C/[C@@H](C)[C@H]2CC[C@H]3[C@@H]4CC(S(=O)(=O)O)C5CC(O)CC[C@]5(C)[C@H]4CC[C@]23C)C1C(C)C(O)[C@@H](C)[C@H]1CC[C@H]2[C@@H]3CC(OS(=O)(=O)O)C4C[C@H](OS(=O)(=O)O)[C@@H](OS(=O)(=O)O)C[C@]4(C)[C@H]3CC[C@]12C. The molecule has 0 aliphatic heterocycles. The lowest BCUT2D eigenvalue weighted by atomic mass is 9.43. The molecule has 77 heavy (non-hydrogen) atoms. The fraction of sp³-hybridized carbons (Fsp3) is 0.929. The van der Waals surface area contributed by atoms with E-state index in [1.54, 1.807) is 0 Å². The Labute approximate surface area is 460 Å². The van der Waals surface area contributed by atoms with Crippen molar-refractivity contribution in [2.24, 2.45) is 116 Å². The van der Waals surface area contributed by atoms with Crippen LogP contribution in [0, 0.1) is 116 Å². The fourth-order valence-electron chi connectivity index (χ4n) is 22.1. The molecule has 25 atom stereocenters. The first-order chi connectivity index (χ1) is 35.2.